The number of rotatable bonds is 1. The minimum atomic E-state index is -0.283. The second-order valence-corrected chi connectivity index (χ2v) is 7.87. The number of ether oxygens (including phenoxy) is 1. The second-order valence-electron chi connectivity index (χ2n) is 6.96. The summed E-state index contributed by atoms with van der Waals surface area (Å²) in [5.74, 6) is 2.81. The molecule has 3 heterocycles. The third-order valence-electron chi connectivity index (χ3n) is 5.37. The van der Waals surface area contributed by atoms with Crippen LogP contribution in [0.3, 0.4) is 0 Å². The van der Waals surface area contributed by atoms with Gasteiger partial charge in [0.25, 0.3) is 0 Å². The van der Waals surface area contributed by atoms with Gasteiger partial charge in [-0.3, -0.25) is 0 Å². The lowest BCUT2D eigenvalue weighted by molar-refractivity contribution is -0.114. The van der Waals surface area contributed by atoms with E-state index in [9.17, 15) is 0 Å². The van der Waals surface area contributed by atoms with Crippen LogP contribution in [0.4, 0.5) is 0 Å². The average Bonchev–Trinajstić information content (AvgIpc) is 3.28. The Hall–Kier alpha value is -1.75. The maximum Gasteiger partial charge on any atom is 0.198 e. The summed E-state index contributed by atoms with van der Waals surface area (Å²) >= 11 is 3.60. The fourth-order valence-electron chi connectivity index (χ4n) is 4.25. The molecule has 1 spiro atoms. The van der Waals surface area contributed by atoms with Crippen LogP contribution in [0, 0.1) is 6.92 Å². The van der Waals surface area contributed by atoms with Crippen LogP contribution in [0.15, 0.2) is 44.3 Å². The molecule has 1 atom stereocenters. The van der Waals surface area contributed by atoms with Gasteiger partial charge in [0.1, 0.15) is 23.0 Å². The van der Waals surface area contributed by atoms with E-state index in [4.69, 9.17) is 14.3 Å². The molecule has 1 saturated carbocycles. The van der Waals surface area contributed by atoms with E-state index in [2.05, 4.69) is 39.1 Å². The normalized spacial score (nSPS) is 23.8. The monoisotopic (exact) mass is 386 g/mol. The molecule has 1 aromatic heterocycles. The smallest absolute Gasteiger partial charge is 0.198 e. The zero-order valence-corrected chi connectivity index (χ0v) is 15.2. The SMILES string of the molecule is Cc1ccc(C2=NN3C(C2)c2cc(Br)ccc2OC32CCCC2)o1. The van der Waals surface area contributed by atoms with Crippen LogP contribution >= 0.6 is 15.9 Å². The highest BCUT2D eigenvalue weighted by Gasteiger charge is 2.52. The van der Waals surface area contributed by atoms with Crippen molar-refractivity contribution < 1.29 is 9.15 Å². The number of nitrogens with zero attached hydrogens (tertiary/aromatic N) is 2. The van der Waals surface area contributed by atoms with Crippen LogP contribution in [0.5, 0.6) is 5.75 Å². The Morgan fingerprint density at radius 2 is 2.04 bits per heavy atom. The molecule has 2 aromatic rings. The Bertz CT molecular complexity index is 836. The molecule has 24 heavy (non-hydrogen) atoms. The first-order valence-electron chi connectivity index (χ1n) is 8.57. The van der Waals surface area contributed by atoms with Crippen LogP contribution in [0.1, 0.15) is 55.2 Å². The third-order valence-corrected chi connectivity index (χ3v) is 5.86. The van der Waals surface area contributed by atoms with Crippen molar-refractivity contribution in [3.05, 3.63) is 51.9 Å². The van der Waals surface area contributed by atoms with E-state index in [-0.39, 0.29) is 11.8 Å². The second kappa shape index (κ2) is 5.12. The van der Waals surface area contributed by atoms with Crippen LogP contribution < -0.4 is 4.74 Å². The molecular weight excluding hydrogens is 368 g/mol. The fraction of sp³-hybridized carbons (Fsp3) is 0.421. The number of aryl methyl sites for hydroxylation is 1. The molecule has 5 rings (SSSR count). The highest BCUT2D eigenvalue weighted by atomic mass is 79.9. The fourth-order valence-corrected chi connectivity index (χ4v) is 4.63. The summed E-state index contributed by atoms with van der Waals surface area (Å²) in [6.07, 6.45) is 5.32. The topological polar surface area (TPSA) is 38.0 Å². The summed E-state index contributed by atoms with van der Waals surface area (Å²) in [4.78, 5) is 0. The van der Waals surface area contributed by atoms with Crippen LogP contribution in [0.2, 0.25) is 0 Å². The quantitative estimate of drug-likeness (QED) is 0.678. The molecule has 1 fully saturated rings. The van der Waals surface area contributed by atoms with Crippen molar-refractivity contribution in [1.82, 2.24) is 5.01 Å². The number of halogens is 1. The Kier molecular flexibility index (Phi) is 3.11. The number of hydrazone groups is 1. The number of fused-ring (bicyclic) bond motifs is 4. The molecule has 0 N–H and O–H groups in total. The number of hydrogen-bond acceptors (Lipinski definition) is 4. The van der Waals surface area contributed by atoms with Crippen molar-refractivity contribution in [3.8, 4) is 5.75 Å². The zero-order valence-electron chi connectivity index (χ0n) is 13.6. The largest absolute Gasteiger partial charge is 0.466 e. The van der Waals surface area contributed by atoms with Crippen LogP contribution in [-0.2, 0) is 0 Å². The van der Waals surface area contributed by atoms with Crippen molar-refractivity contribution in [1.29, 1.82) is 0 Å². The minimum absolute atomic E-state index is 0.227. The lowest BCUT2D eigenvalue weighted by Gasteiger charge is -2.45. The number of hydrogen-bond donors (Lipinski definition) is 0. The maximum absolute atomic E-state index is 6.51. The van der Waals surface area contributed by atoms with E-state index in [1.807, 2.05) is 19.1 Å². The van der Waals surface area contributed by atoms with E-state index in [1.165, 1.54) is 18.4 Å². The summed E-state index contributed by atoms with van der Waals surface area (Å²) in [7, 11) is 0. The van der Waals surface area contributed by atoms with Crippen molar-refractivity contribution in [2.75, 3.05) is 0 Å². The highest BCUT2D eigenvalue weighted by Crippen LogP contribution is 2.52. The van der Waals surface area contributed by atoms with Gasteiger partial charge in [0, 0.05) is 29.3 Å². The van der Waals surface area contributed by atoms with Gasteiger partial charge in [-0.05, 0) is 50.1 Å². The molecule has 5 heteroatoms. The maximum atomic E-state index is 6.51. The van der Waals surface area contributed by atoms with E-state index in [1.54, 1.807) is 0 Å². The molecule has 1 aliphatic carbocycles. The summed E-state index contributed by atoms with van der Waals surface area (Å²) in [6.45, 7) is 1.97. The summed E-state index contributed by atoms with van der Waals surface area (Å²) in [6, 6.07) is 10.6. The zero-order chi connectivity index (χ0) is 16.3. The van der Waals surface area contributed by atoms with Gasteiger partial charge in [-0.25, -0.2) is 5.01 Å². The molecule has 0 saturated heterocycles. The molecule has 1 unspecified atom stereocenters. The Balaban J connectivity index is 1.62. The molecule has 2 aliphatic heterocycles. The molecule has 4 nitrogen and oxygen atoms in total. The predicted octanol–water partition coefficient (Wildman–Crippen LogP) is 5.16. The molecule has 0 amide bonds. The molecule has 124 valence electrons. The van der Waals surface area contributed by atoms with Crippen LogP contribution in [-0.4, -0.2) is 16.4 Å². The van der Waals surface area contributed by atoms with E-state index < -0.39 is 0 Å². The molecule has 1 aromatic carbocycles. The highest BCUT2D eigenvalue weighted by molar-refractivity contribution is 9.10. The summed E-state index contributed by atoms with van der Waals surface area (Å²) in [5, 5.41) is 7.20. The van der Waals surface area contributed by atoms with Gasteiger partial charge < -0.3 is 9.15 Å². The third kappa shape index (κ3) is 2.07. The van der Waals surface area contributed by atoms with E-state index in [0.29, 0.717) is 0 Å². The van der Waals surface area contributed by atoms with Gasteiger partial charge in [0.05, 0.1) is 6.04 Å². The van der Waals surface area contributed by atoms with Crippen molar-refractivity contribution in [3.63, 3.8) is 0 Å². The average molecular weight is 387 g/mol. The standard InChI is InChI=1S/C19H19BrN2O2/c1-12-4-6-18(23-12)15-11-16-14-10-13(20)5-7-17(14)24-19(22(16)21-15)8-2-3-9-19/h4-7,10,16H,2-3,8-9,11H2,1H3. The Labute approximate surface area is 149 Å². The van der Waals surface area contributed by atoms with Crippen molar-refractivity contribution >= 4 is 21.6 Å². The predicted molar refractivity (Wildman–Crippen MR) is 95.1 cm³/mol. The first-order valence-corrected chi connectivity index (χ1v) is 9.36. The number of benzene rings is 1. The van der Waals surface area contributed by atoms with Gasteiger partial charge in [0.15, 0.2) is 5.72 Å². The molecule has 0 radical (unpaired) electrons. The summed E-state index contributed by atoms with van der Waals surface area (Å²) in [5.41, 5.74) is 1.95. The van der Waals surface area contributed by atoms with Gasteiger partial charge in [-0.1, -0.05) is 15.9 Å². The van der Waals surface area contributed by atoms with Crippen molar-refractivity contribution in [2.45, 2.75) is 50.8 Å². The Morgan fingerprint density at radius 1 is 1.21 bits per heavy atom. The van der Waals surface area contributed by atoms with Gasteiger partial charge >= 0.3 is 0 Å². The lowest BCUT2D eigenvalue weighted by atomic mass is 9.95. The molecule has 3 aliphatic rings. The first kappa shape index (κ1) is 14.6. The summed E-state index contributed by atoms with van der Waals surface area (Å²) < 4.78 is 13.4. The van der Waals surface area contributed by atoms with Gasteiger partial charge in [-0.15, -0.1) is 0 Å². The lowest BCUT2D eigenvalue weighted by Crippen LogP contribution is -2.51. The molecular formula is C19H19BrN2O2. The Morgan fingerprint density at radius 3 is 2.79 bits per heavy atom. The molecule has 0 bridgehead atoms. The number of furan rings is 1. The van der Waals surface area contributed by atoms with Crippen LogP contribution in [0.25, 0.3) is 0 Å². The van der Waals surface area contributed by atoms with E-state index in [0.717, 1.165) is 46.7 Å². The van der Waals surface area contributed by atoms with Crippen molar-refractivity contribution in [2.24, 2.45) is 5.10 Å². The van der Waals surface area contributed by atoms with Gasteiger partial charge in [-0.2, -0.15) is 5.10 Å². The van der Waals surface area contributed by atoms with E-state index >= 15 is 0 Å². The first-order chi connectivity index (χ1) is 11.6. The minimum Gasteiger partial charge on any atom is -0.466 e. The van der Waals surface area contributed by atoms with Gasteiger partial charge in [0.2, 0.25) is 0 Å².